The molecule has 2 heterocycles. The number of hydrogen-bond donors (Lipinski definition) is 2. The number of nitrogens with one attached hydrogen (secondary N) is 2. The Bertz CT molecular complexity index is 579. The van der Waals surface area contributed by atoms with Gasteiger partial charge in [0.25, 0.3) is 0 Å². The fraction of sp³-hybridized carbons (Fsp3) is 0.333. The van der Waals surface area contributed by atoms with Crippen LogP contribution in [0.4, 0.5) is 0 Å². The van der Waals surface area contributed by atoms with Crippen LogP contribution in [-0.2, 0) is 11.3 Å². The van der Waals surface area contributed by atoms with Crippen LogP contribution in [0.5, 0.6) is 0 Å². The van der Waals surface area contributed by atoms with Crippen LogP contribution in [0.15, 0.2) is 42.7 Å². The van der Waals surface area contributed by atoms with Gasteiger partial charge in [-0.25, -0.2) is 4.68 Å². The maximum absolute atomic E-state index is 12.0. The van der Waals surface area contributed by atoms with Crippen molar-refractivity contribution >= 4 is 18.3 Å². The summed E-state index contributed by atoms with van der Waals surface area (Å²) in [5, 5.41) is 10.4. The van der Waals surface area contributed by atoms with Crippen LogP contribution in [0.3, 0.4) is 0 Å². The van der Waals surface area contributed by atoms with Crippen molar-refractivity contribution in [3.05, 3.63) is 48.3 Å². The number of carbonyl (C=O) groups excluding carboxylic acids is 1. The molecule has 1 aromatic carbocycles. The Balaban J connectivity index is 0.00000161. The van der Waals surface area contributed by atoms with Crippen LogP contribution in [0.2, 0.25) is 0 Å². The monoisotopic (exact) mass is 306 g/mol. The third kappa shape index (κ3) is 3.62. The standard InChI is InChI=1S/C15H18N4O.ClH/c20-15(13-6-3-8-16-13)17-11-12-5-1-2-7-14(12)19-10-4-9-18-19;/h1-2,4-5,7,9-10,13,16H,3,6,8,11H2,(H,17,20);1H. The zero-order valence-electron chi connectivity index (χ0n) is 11.7. The molecule has 2 aromatic rings. The van der Waals surface area contributed by atoms with Crippen LogP contribution in [-0.4, -0.2) is 28.3 Å². The quantitative estimate of drug-likeness (QED) is 0.903. The summed E-state index contributed by atoms with van der Waals surface area (Å²) in [5.41, 5.74) is 2.06. The Morgan fingerprint density at radius 3 is 2.95 bits per heavy atom. The van der Waals surface area contributed by atoms with Gasteiger partial charge in [-0.05, 0) is 37.1 Å². The lowest BCUT2D eigenvalue weighted by molar-refractivity contribution is -0.122. The van der Waals surface area contributed by atoms with E-state index in [2.05, 4.69) is 15.7 Å². The molecule has 0 bridgehead atoms. The van der Waals surface area contributed by atoms with E-state index >= 15 is 0 Å². The van der Waals surface area contributed by atoms with E-state index in [1.165, 1.54) is 0 Å². The summed E-state index contributed by atoms with van der Waals surface area (Å²) in [7, 11) is 0. The molecule has 1 aromatic heterocycles. The van der Waals surface area contributed by atoms with Crippen LogP contribution in [0.25, 0.3) is 5.69 Å². The fourth-order valence-electron chi connectivity index (χ4n) is 2.51. The number of rotatable bonds is 4. The first kappa shape index (κ1) is 15.5. The molecule has 1 fully saturated rings. The second-order valence-corrected chi connectivity index (χ2v) is 4.95. The summed E-state index contributed by atoms with van der Waals surface area (Å²) >= 11 is 0. The first-order valence-electron chi connectivity index (χ1n) is 6.93. The largest absolute Gasteiger partial charge is 0.351 e. The third-order valence-electron chi connectivity index (χ3n) is 3.57. The zero-order chi connectivity index (χ0) is 13.8. The summed E-state index contributed by atoms with van der Waals surface area (Å²) in [6.07, 6.45) is 5.64. The number of carbonyl (C=O) groups is 1. The number of amides is 1. The van der Waals surface area contributed by atoms with Crippen molar-refractivity contribution in [2.24, 2.45) is 0 Å². The van der Waals surface area contributed by atoms with E-state index in [0.717, 1.165) is 30.6 Å². The number of para-hydroxylation sites is 1. The molecule has 1 atom stereocenters. The van der Waals surface area contributed by atoms with Gasteiger partial charge in [-0.1, -0.05) is 18.2 Å². The van der Waals surface area contributed by atoms with E-state index in [-0.39, 0.29) is 24.4 Å². The van der Waals surface area contributed by atoms with Crippen molar-refractivity contribution in [2.45, 2.75) is 25.4 Å². The van der Waals surface area contributed by atoms with Gasteiger partial charge in [-0.3, -0.25) is 4.79 Å². The second kappa shape index (κ2) is 7.24. The van der Waals surface area contributed by atoms with Gasteiger partial charge < -0.3 is 10.6 Å². The Kier molecular flexibility index (Phi) is 5.36. The Labute approximate surface area is 130 Å². The van der Waals surface area contributed by atoms with Gasteiger partial charge in [0.2, 0.25) is 5.91 Å². The molecule has 1 saturated heterocycles. The molecule has 112 valence electrons. The Morgan fingerprint density at radius 2 is 2.24 bits per heavy atom. The molecule has 3 rings (SSSR count). The van der Waals surface area contributed by atoms with E-state index in [1.54, 1.807) is 6.20 Å². The van der Waals surface area contributed by atoms with Gasteiger partial charge in [0.05, 0.1) is 11.7 Å². The number of hydrogen-bond acceptors (Lipinski definition) is 3. The minimum atomic E-state index is -0.0353. The maximum atomic E-state index is 12.0. The SMILES string of the molecule is Cl.O=C(NCc1ccccc1-n1cccn1)C1CCCN1. The first-order chi connectivity index (χ1) is 9.84. The highest BCUT2D eigenvalue weighted by Crippen LogP contribution is 2.13. The van der Waals surface area contributed by atoms with Gasteiger partial charge in [-0.2, -0.15) is 5.10 Å². The van der Waals surface area contributed by atoms with E-state index in [0.29, 0.717) is 6.54 Å². The molecule has 1 aliphatic heterocycles. The molecule has 6 heteroatoms. The first-order valence-corrected chi connectivity index (χ1v) is 6.93. The molecule has 1 unspecified atom stereocenters. The van der Waals surface area contributed by atoms with Gasteiger partial charge in [0.1, 0.15) is 0 Å². The molecule has 1 aliphatic rings. The van der Waals surface area contributed by atoms with Crippen molar-refractivity contribution in [1.82, 2.24) is 20.4 Å². The van der Waals surface area contributed by atoms with Gasteiger partial charge in [0, 0.05) is 18.9 Å². The minimum Gasteiger partial charge on any atom is -0.351 e. The average molecular weight is 307 g/mol. The van der Waals surface area contributed by atoms with Gasteiger partial charge in [-0.15, -0.1) is 12.4 Å². The van der Waals surface area contributed by atoms with E-state index in [1.807, 2.05) is 41.2 Å². The molecule has 0 aliphatic carbocycles. The molecule has 0 radical (unpaired) electrons. The predicted molar refractivity (Wildman–Crippen MR) is 83.7 cm³/mol. The third-order valence-corrected chi connectivity index (χ3v) is 3.57. The topological polar surface area (TPSA) is 59.0 Å². The summed E-state index contributed by atoms with van der Waals surface area (Å²) in [6.45, 7) is 1.45. The smallest absolute Gasteiger partial charge is 0.237 e. The summed E-state index contributed by atoms with van der Waals surface area (Å²) in [5.74, 6) is 0.0813. The summed E-state index contributed by atoms with van der Waals surface area (Å²) in [4.78, 5) is 12.0. The van der Waals surface area contributed by atoms with Crippen LogP contribution in [0, 0.1) is 0 Å². The van der Waals surface area contributed by atoms with Crippen LogP contribution in [0.1, 0.15) is 18.4 Å². The fourth-order valence-corrected chi connectivity index (χ4v) is 2.51. The highest BCUT2D eigenvalue weighted by atomic mass is 35.5. The summed E-state index contributed by atoms with van der Waals surface area (Å²) in [6, 6.07) is 9.81. The Hall–Kier alpha value is -1.85. The molecule has 5 nitrogen and oxygen atoms in total. The molecule has 0 spiro atoms. The molecule has 1 amide bonds. The lowest BCUT2D eigenvalue weighted by Gasteiger charge is -2.13. The van der Waals surface area contributed by atoms with Crippen molar-refractivity contribution in [3.8, 4) is 5.69 Å². The van der Waals surface area contributed by atoms with Crippen molar-refractivity contribution in [2.75, 3.05) is 6.54 Å². The number of nitrogens with zero attached hydrogens (tertiary/aromatic N) is 2. The van der Waals surface area contributed by atoms with Crippen molar-refractivity contribution in [1.29, 1.82) is 0 Å². The molecular formula is C15H19ClN4O. The molecule has 0 saturated carbocycles. The Morgan fingerprint density at radius 1 is 1.38 bits per heavy atom. The van der Waals surface area contributed by atoms with E-state index in [9.17, 15) is 4.79 Å². The van der Waals surface area contributed by atoms with Gasteiger partial charge >= 0.3 is 0 Å². The highest BCUT2D eigenvalue weighted by molar-refractivity contribution is 5.85. The number of benzene rings is 1. The molecule has 2 N–H and O–H groups in total. The highest BCUT2D eigenvalue weighted by Gasteiger charge is 2.21. The van der Waals surface area contributed by atoms with E-state index < -0.39 is 0 Å². The minimum absolute atomic E-state index is 0. The van der Waals surface area contributed by atoms with Crippen molar-refractivity contribution in [3.63, 3.8) is 0 Å². The van der Waals surface area contributed by atoms with Crippen molar-refractivity contribution < 1.29 is 4.79 Å². The number of aromatic nitrogens is 2. The van der Waals surface area contributed by atoms with E-state index in [4.69, 9.17) is 0 Å². The average Bonchev–Trinajstić information content (AvgIpc) is 3.17. The summed E-state index contributed by atoms with van der Waals surface area (Å²) < 4.78 is 1.81. The zero-order valence-corrected chi connectivity index (χ0v) is 12.5. The lowest BCUT2D eigenvalue weighted by atomic mass is 10.1. The van der Waals surface area contributed by atoms with Gasteiger partial charge in [0.15, 0.2) is 0 Å². The van der Waals surface area contributed by atoms with Crippen LogP contribution >= 0.6 is 12.4 Å². The predicted octanol–water partition coefficient (Wildman–Crippen LogP) is 1.66. The lowest BCUT2D eigenvalue weighted by Crippen LogP contribution is -2.40. The maximum Gasteiger partial charge on any atom is 0.237 e. The second-order valence-electron chi connectivity index (χ2n) is 4.95. The normalized spacial score (nSPS) is 17.2. The molecular weight excluding hydrogens is 288 g/mol. The number of halogens is 1. The molecule has 21 heavy (non-hydrogen) atoms. The van der Waals surface area contributed by atoms with Crippen LogP contribution < -0.4 is 10.6 Å².